The normalized spacial score (nSPS) is 11.7. The van der Waals surface area contributed by atoms with Crippen LogP contribution in [0.3, 0.4) is 0 Å². The highest BCUT2D eigenvalue weighted by molar-refractivity contribution is 5.00. The van der Waals surface area contributed by atoms with Crippen LogP contribution >= 0.6 is 0 Å². The summed E-state index contributed by atoms with van der Waals surface area (Å²) in [5.74, 6) is 0. The lowest BCUT2D eigenvalue weighted by atomic mass is 10.4. The summed E-state index contributed by atoms with van der Waals surface area (Å²) in [6.45, 7) is 4.14. The Morgan fingerprint density at radius 1 is 1.29 bits per heavy atom. The first kappa shape index (κ1) is 6.48. The van der Waals surface area contributed by atoms with E-state index in [4.69, 9.17) is 0 Å². The first-order chi connectivity index (χ1) is 3.41. The van der Waals surface area contributed by atoms with E-state index in [9.17, 15) is 0 Å². The molecule has 0 aromatic carbocycles. The minimum Gasteiger partial charge on any atom is -0.0877 e. The minimum absolute atomic E-state index is 1.13. The number of allylic oxidation sites excluding steroid dienone is 4. The predicted octanol–water partition coefficient (Wildman–Crippen LogP) is 2.53. The van der Waals surface area contributed by atoms with Crippen molar-refractivity contribution in [2.75, 3.05) is 0 Å². The van der Waals surface area contributed by atoms with Crippen molar-refractivity contribution in [2.24, 2.45) is 0 Å². The zero-order valence-electron chi connectivity index (χ0n) is 5.02. The average molecular weight is 96.2 g/mol. The summed E-state index contributed by atoms with van der Waals surface area (Å²) in [6, 6.07) is 0. The highest BCUT2D eigenvalue weighted by Crippen LogP contribution is 1.79. The van der Waals surface area contributed by atoms with Gasteiger partial charge in [-0.3, -0.25) is 0 Å². The molecule has 0 aliphatic heterocycles. The standard InChI is InChI=1S/C7H12/c1-3-5-7-6-4-2/h3,5-7H,4H2,1-2H3/b5-3?,7-6+. The first-order valence-electron chi connectivity index (χ1n) is 2.69. The minimum atomic E-state index is 1.13. The molecule has 0 nitrogen and oxygen atoms in total. The van der Waals surface area contributed by atoms with Gasteiger partial charge in [0.05, 0.1) is 0 Å². The Labute approximate surface area is 45.5 Å². The van der Waals surface area contributed by atoms with E-state index in [1.165, 1.54) is 0 Å². The Kier molecular flexibility index (Phi) is 5.07. The van der Waals surface area contributed by atoms with E-state index in [0.717, 1.165) is 6.42 Å². The molecule has 0 radical (unpaired) electrons. The van der Waals surface area contributed by atoms with Crippen molar-refractivity contribution in [3.63, 3.8) is 0 Å². The van der Waals surface area contributed by atoms with Crippen LogP contribution in [0.15, 0.2) is 24.3 Å². The van der Waals surface area contributed by atoms with Crippen LogP contribution in [-0.2, 0) is 0 Å². The van der Waals surface area contributed by atoms with Crippen molar-refractivity contribution in [3.05, 3.63) is 24.3 Å². The van der Waals surface area contributed by atoms with Crippen molar-refractivity contribution in [1.82, 2.24) is 0 Å². The molecule has 0 aromatic rings. The smallest absolute Gasteiger partial charge is 0.0376 e. The second-order valence-electron chi connectivity index (χ2n) is 1.36. The molecule has 0 saturated carbocycles. The van der Waals surface area contributed by atoms with E-state index in [1.54, 1.807) is 0 Å². The average Bonchev–Trinajstić information content (AvgIpc) is 1.69. The molecular formula is C7H12. The molecule has 0 rings (SSSR count). The van der Waals surface area contributed by atoms with Crippen LogP contribution < -0.4 is 0 Å². The molecule has 0 heteroatoms. The summed E-state index contributed by atoms with van der Waals surface area (Å²) in [5.41, 5.74) is 0. The Bertz CT molecular complexity index is 68.1. The number of hydrogen-bond acceptors (Lipinski definition) is 0. The van der Waals surface area contributed by atoms with Gasteiger partial charge < -0.3 is 0 Å². The molecule has 0 saturated heterocycles. The maximum atomic E-state index is 2.12. The van der Waals surface area contributed by atoms with Crippen LogP contribution in [0.1, 0.15) is 20.3 Å². The molecule has 7 heavy (non-hydrogen) atoms. The van der Waals surface area contributed by atoms with Crippen molar-refractivity contribution < 1.29 is 0 Å². The Balaban J connectivity index is 3.09. The lowest BCUT2D eigenvalue weighted by molar-refractivity contribution is 1.22. The number of rotatable bonds is 2. The van der Waals surface area contributed by atoms with Gasteiger partial charge in [-0.1, -0.05) is 31.2 Å². The van der Waals surface area contributed by atoms with Crippen molar-refractivity contribution >= 4 is 0 Å². The molecule has 0 aliphatic carbocycles. The van der Waals surface area contributed by atoms with E-state index in [0.29, 0.717) is 0 Å². The summed E-state index contributed by atoms with van der Waals surface area (Å²) >= 11 is 0. The van der Waals surface area contributed by atoms with Gasteiger partial charge in [-0.15, -0.1) is 0 Å². The Morgan fingerprint density at radius 2 is 2.00 bits per heavy atom. The summed E-state index contributed by atoms with van der Waals surface area (Å²) in [7, 11) is 0. The molecule has 0 amide bonds. The topological polar surface area (TPSA) is 0 Å². The van der Waals surface area contributed by atoms with E-state index in [-0.39, 0.29) is 0 Å². The molecule has 0 spiro atoms. The third-order valence-corrected chi connectivity index (χ3v) is 0.675. The van der Waals surface area contributed by atoms with E-state index >= 15 is 0 Å². The molecule has 0 N–H and O–H groups in total. The van der Waals surface area contributed by atoms with Crippen LogP contribution in [0.2, 0.25) is 0 Å². The van der Waals surface area contributed by atoms with E-state index in [1.807, 2.05) is 19.1 Å². The maximum Gasteiger partial charge on any atom is -0.0376 e. The lowest BCUT2D eigenvalue weighted by Crippen LogP contribution is -1.48. The van der Waals surface area contributed by atoms with Gasteiger partial charge in [-0.05, 0) is 13.3 Å². The zero-order chi connectivity index (χ0) is 5.54. The molecule has 0 heterocycles. The molecule has 0 fully saturated rings. The highest BCUT2D eigenvalue weighted by atomic mass is 13.6. The van der Waals surface area contributed by atoms with Crippen LogP contribution in [-0.4, -0.2) is 0 Å². The molecular weight excluding hydrogens is 84.1 g/mol. The maximum absolute atomic E-state index is 2.12. The van der Waals surface area contributed by atoms with Gasteiger partial charge in [-0.25, -0.2) is 0 Å². The first-order valence-corrected chi connectivity index (χ1v) is 2.69. The second-order valence-corrected chi connectivity index (χ2v) is 1.36. The fourth-order valence-corrected chi connectivity index (χ4v) is 0.326. The fraction of sp³-hybridized carbons (Fsp3) is 0.429. The quantitative estimate of drug-likeness (QED) is 0.463. The van der Waals surface area contributed by atoms with E-state index in [2.05, 4.69) is 19.1 Å². The second kappa shape index (κ2) is 5.48. The van der Waals surface area contributed by atoms with Crippen LogP contribution in [0.25, 0.3) is 0 Å². The fourth-order valence-electron chi connectivity index (χ4n) is 0.326. The molecule has 0 aliphatic rings. The Morgan fingerprint density at radius 3 is 2.43 bits per heavy atom. The molecule has 0 unspecified atom stereocenters. The van der Waals surface area contributed by atoms with Crippen molar-refractivity contribution in [2.45, 2.75) is 20.3 Å². The van der Waals surface area contributed by atoms with Crippen LogP contribution in [0.4, 0.5) is 0 Å². The Hall–Kier alpha value is -0.520. The van der Waals surface area contributed by atoms with Gasteiger partial charge in [0.1, 0.15) is 0 Å². The van der Waals surface area contributed by atoms with Crippen LogP contribution in [0, 0.1) is 0 Å². The van der Waals surface area contributed by atoms with Gasteiger partial charge in [-0.2, -0.15) is 0 Å². The van der Waals surface area contributed by atoms with E-state index < -0.39 is 0 Å². The van der Waals surface area contributed by atoms with Gasteiger partial charge in [0.25, 0.3) is 0 Å². The SMILES string of the molecule is CC=C/C=C/CC. The summed E-state index contributed by atoms with van der Waals surface area (Å²) < 4.78 is 0. The highest BCUT2D eigenvalue weighted by Gasteiger charge is 1.57. The van der Waals surface area contributed by atoms with Gasteiger partial charge in [0.2, 0.25) is 0 Å². The van der Waals surface area contributed by atoms with Crippen LogP contribution in [0.5, 0.6) is 0 Å². The molecule has 0 aromatic heterocycles. The third kappa shape index (κ3) is 5.48. The summed E-state index contributed by atoms with van der Waals surface area (Å²) in [5, 5.41) is 0. The summed E-state index contributed by atoms with van der Waals surface area (Å²) in [6.07, 6.45) is 9.36. The third-order valence-electron chi connectivity index (χ3n) is 0.675. The molecule has 0 bridgehead atoms. The van der Waals surface area contributed by atoms with Crippen molar-refractivity contribution in [1.29, 1.82) is 0 Å². The summed E-state index contributed by atoms with van der Waals surface area (Å²) in [4.78, 5) is 0. The lowest BCUT2D eigenvalue weighted by Gasteiger charge is -1.70. The monoisotopic (exact) mass is 96.1 g/mol. The van der Waals surface area contributed by atoms with Gasteiger partial charge >= 0.3 is 0 Å². The number of hydrogen-bond donors (Lipinski definition) is 0. The van der Waals surface area contributed by atoms with Gasteiger partial charge in [0, 0.05) is 0 Å². The molecule has 0 atom stereocenters. The molecule has 40 valence electrons. The largest absolute Gasteiger partial charge is 0.0877 e. The van der Waals surface area contributed by atoms with Crippen molar-refractivity contribution in [3.8, 4) is 0 Å². The zero-order valence-corrected chi connectivity index (χ0v) is 5.02. The predicted molar refractivity (Wildman–Crippen MR) is 34.2 cm³/mol. The van der Waals surface area contributed by atoms with Gasteiger partial charge in [0.15, 0.2) is 0 Å².